The molecule has 17 heavy (non-hydrogen) atoms. The Morgan fingerprint density at radius 2 is 2.00 bits per heavy atom. The van der Waals surface area contributed by atoms with Crippen LogP contribution in [0, 0.1) is 12.8 Å². The summed E-state index contributed by atoms with van der Waals surface area (Å²) in [7, 11) is 0. The predicted molar refractivity (Wildman–Crippen MR) is 76.7 cm³/mol. The van der Waals surface area contributed by atoms with Crippen LogP contribution in [-0.4, -0.2) is 6.54 Å². The van der Waals surface area contributed by atoms with Crippen molar-refractivity contribution < 1.29 is 0 Å². The van der Waals surface area contributed by atoms with Gasteiger partial charge in [0.25, 0.3) is 0 Å². The summed E-state index contributed by atoms with van der Waals surface area (Å²) in [5.41, 5.74) is 2.67. The maximum absolute atomic E-state index is 6.02. The van der Waals surface area contributed by atoms with Crippen LogP contribution in [0.5, 0.6) is 0 Å². The Bertz CT molecular complexity index is 349. The summed E-state index contributed by atoms with van der Waals surface area (Å²) < 4.78 is 0. The molecule has 0 spiro atoms. The first-order chi connectivity index (χ1) is 8.10. The third-order valence-corrected chi connectivity index (χ3v) is 3.54. The minimum atomic E-state index is 0.442. The van der Waals surface area contributed by atoms with E-state index < -0.39 is 0 Å². The maximum Gasteiger partial charge on any atom is 0.0408 e. The van der Waals surface area contributed by atoms with Crippen molar-refractivity contribution in [2.45, 2.75) is 46.6 Å². The van der Waals surface area contributed by atoms with E-state index in [1.807, 2.05) is 6.07 Å². The van der Waals surface area contributed by atoms with E-state index in [0.29, 0.717) is 12.0 Å². The molecule has 1 rings (SSSR count). The van der Waals surface area contributed by atoms with Gasteiger partial charge in [-0.1, -0.05) is 44.9 Å². The van der Waals surface area contributed by atoms with Gasteiger partial charge < -0.3 is 5.32 Å². The molecule has 0 aliphatic heterocycles. The van der Waals surface area contributed by atoms with E-state index in [9.17, 15) is 0 Å². The van der Waals surface area contributed by atoms with E-state index in [4.69, 9.17) is 11.6 Å². The third-order valence-electron chi connectivity index (χ3n) is 3.30. The van der Waals surface area contributed by atoms with Crippen LogP contribution in [0.3, 0.4) is 0 Å². The van der Waals surface area contributed by atoms with Gasteiger partial charge in [-0.3, -0.25) is 0 Å². The van der Waals surface area contributed by atoms with E-state index in [-0.39, 0.29) is 0 Å². The zero-order valence-corrected chi connectivity index (χ0v) is 12.1. The van der Waals surface area contributed by atoms with Crippen LogP contribution in [0.15, 0.2) is 18.2 Å². The number of hydrogen-bond acceptors (Lipinski definition) is 1. The van der Waals surface area contributed by atoms with Gasteiger partial charge in [-0.15, -0.1) is 0 Å². The molecular formula is C15H24ClN. The van der Waals surface area contributed by atoms with Crippen molar-refractivity contribution in [2.75, 3.05) is 6.54 Å². The molecule has 0 aromatic heterocycles. The molecule has 2 heteroatoms. The molecule has 0 saturated heterocycles. The molecule has 1 N–H and O–H groups in total. The summed E-state index contributed by atoms with van der Waals surface area (Å²) in [6.07, 6.45) is 2.48. The summed E-state index contributed by atoms with van der Waals surface area (Å²) in [4.78, 5) is 0. The monoisotopic (exact) mass is 253 g/mol. The smallest absolute Gasteiger partial charge is 0.0408 e. The molecule has 96 valence electrons. The minimum Gasteiger partial charge on any atom is -0.310 e. The zero-order chi connectivity index (χ0) is 12.8. The van der Waals surface area contributed by atoms with Crippen molar-refractivity contribution >= 4 is 11.6 Å². The average molecular weight is 254 g/mol. The van der Waals surface area contributed by atoms with E-state index in [1.165, 1.54) is 24.0 Å². The van der Waals surface area contributed by atoms with Gasteiger partial charge in [0.15, 0.2) is 0 Å². The van der Waals surface area contributed by atoms with Crippen molar-refractivity contribution in [3.63, 3.8) is 0 Å². The zero-order valence-electron chi connectivity index (χ0n) is 11.4. The highest BCUT2D eigenvalue weighted by Crippen LogP contribution is 2.29. The Kier molecular flexibility index (Phi) is 6.01. The quantitative estimate of drug-likeness (QED) is 0.773. The van der Waals surface area contributed by atoms with Crippen LogP contribution in [-0.2, 0) is 0 Å². The summed E-state index contributed by atoms with van der Waals surface area (Å²) in [5, 5.41) is 4.42. The molecule has 2 unspecified atom stereocenters. The summed E-state index contributed by atoms with van der Waals surface area (Å²) in [6.45, 7) is 9.88. The fourth-order valence-corrected chi connectivity index (χ4v) is 2.67. The highest BCUT2D eigenvalue weighted by molar-refractivity contribution is 6.30. The van der Waals surface area contributed by atoms with Crippen molar-refractivity contribution in [2.24, 2.45) is 5.92 Å². The van der Waals surface area contributed by atoms with Crippen molar-refractivity contribution in [1.29, 1.82) is 0 Å². The molecule has 0 heterocycles. The predicted octanol–water partition coefficient (Wildman–Crippen LogP) is 4.74. The van der Waals surface area contributed by atoms with Crippen LogP contribution in [0.25, 0.3) is 0 Å². The number of hydrogen-bond donors (Lipinski definition) is 1. The lowest BCUT2D eigenvalue weighted by Crippen LogP contribution is -2.27. The summed E-state index contributed by atoms with van der Waals surface area (Å²) in [5.74, 6) is 0.653. The van der Waals surface area contributed by atoms with Gasteiger partial charge in [0.2, 0.25) is 0 Å². The van der Waals surface area contributed by atoms with Crippen LogP contribution in [0.4, 0.5) is 0 Å². The fraction of sp³-hybridized carbons (Fsp3) is 0.600. The molecule has 1 aromatic rings. The Morgan fingerprint density at radius 1 is 1.29 bits per heavy atom. The fourth-order valence-electron chi connectivity index (χ4n) is 2.45. The molecule has 0 bridgehead atoms. The van der Waals surface area contributed by atoms with Gasteiger partial charge >= 0.3 is 0 Å². The minimum absolute atomic E-state index is 0.442. The Hall–Kier alpha value is -0.530. The standard InChI is InChI=1S/C15H24ClN/c1-5-7-11(3)15(17-6-2)14-9-8-13(16)10-12(14)4/h8-11,15,17H,5-7H2,1-4H3. The van der Waals surface area contributed by atoms with Gasteiger partial charge in [-0.25, -0.2) is 0 Å². The Morgan fingerprint density at radius 3 is 2.53 bits per heavy atom. The molecule has 1 aromatic carbocycles. The van der Waals surface area contributed by atoms with Crippen LogP contribution in [0.1, 0.15) is 50.8 Å². The van der Waals surface area contributed by atoms with Crippen molar-refractivity contribution in [3.05, 3.63) is 34.3 Å². The molecule has 0 radical (unpaired) electrons. The van der Waals surface area contributed by atoms with Crippen molar-refractivity contribution in [3.8, 4) is 0 Å². The first kappa shape index (κ1) is 14.5. The molecule has 0 aliphatic carbocycles. The topological polar surface area (TPSA) is 12.0 Å². The molecule has 0 aliphatic rings. The lowest BCUT2D eigenvalue weighted by molar-refractivity contribution is 0.368. The highest BCUT2D eigenvalue weighted by atomic mass is 35.5. The third kappa shape index (κ3) is 4.01. The first-order valence-corrected chi connectivity index (χ1v) is 6.97. The summed E-state index contributed by atoms with van der Waals surface area (Å²) >= 11 is 6.02. The summed E-state index contributed by atoms with van der Waals surface area (Å²) in [6, 6.07) is 6.65. The lowest BCUT2D eigenvalue weighted by atomic mass is 9.88. The number of rotatable bonds is 6. The number of halogens is 1. The van der Waals surface area contributed by atoms with Gasteiger partial charge in [0.05, 0.1) is 0 Å². The van der Waals surface area contributed by atoms with Crippen LogP contribution < -0.4 is 5.32 Å². The van der Waals surface area contributed by atoms with Crippen LogP contribution in [0.2, 0.25) is 5.02 Å². The largest absolute Gasteiger partial charge is 0.310 e. The lowest BCUT2D eigenvalue weighted by Gasteiger charge is -2.26. The van der Waals surface area contributed by atoms with E-state index in [1.54, 1.807) is 0 Å². The SMILES string of the molecule is CCCC(C)C(NCC)c1ccc(Cl)cc1C. The molecule has 0 fully saturated rings. The first-order valence-electron chi connectivity index (χ1n) is 6.59. The number of nitrogens with one attached hydrogen (secondary N) is 1. The van der Waals surface area contributed by atoms with E-state index in [2.05, 4.69) is 45.1 Å². The van der Waals surface area contributed by atoms with Crippen molar-refractivity contribution in [1.82, 2.24) is 5.32 Å². The molecule has 1 nitrogen and oxygen atoms in total. The molecule has 2 atom stereocenters. The van der Waals surface area contributed by atoms with Gasteiger partial charge in [0, 0.05) is 11.1 Å². The van der Waals surface area contributed by atoms with Crippen LogP contribution >= 0.6 is 11.6 Å². The number of benzene rings is 1. The maximum atomic E-state index is 6.02. The number of aryl methyl sites for hydroxylation is 1. The molecule has 0 saturated carbocycles. The highest BCUT2D eigenvalue weighted by Gasteiger charge is 2.19. The van der Waals surface area contributed by atoms with Gasteiger partial charge in [-0.2, -0.15) is 0 Å². The van der Waals surface area contributed by atoms with E-state index >= 15 is 0 Å². The molecule has 0 amide bonds. The molecular weight excluding hydrogens is 230 g/mol. The Labute approximate surface area is 111 Å². The van der Waals surface area contributed by atoms with Gasteiger partial charge in [-0.05, 0) is 49.1 Å². The second-order valence-corrected chi connectivity index (χ2v) is 5.24. The van der Waals surface area contributed by atoms with Gasteiger partial charge in [0.1, 0.15) is 0 Å². The normalized spacial score (nSPS) is 14.6. The Balaban J connectivity index is 2.96. The second-order valence-electron chi connectivity index (χ2n) is 4.80. The van der Waals surface area contributed by atoms with E-state index in [0.717, 1.165) is 11.6 Å². The average Bonchev–Trinajstić information content (AvgIpc) is 2.27. The second kappa shape index (κ2) is 7.03.